The van der Waals surface area contributed by atoms with E-state index in [1.807, 2.05) is 32.9 Å². The van der Waals surface area contributed by atoms with E-state index in [-0.39, 0.29) is 0 Å². The zero-order valence-corrected chi connectivity index (χ0v) is 14.4. The van der Waals surface area contributed by atoms with Gasteiger partial charge in [-0.25, -0.2) is 12.7 Å². The van der Waals surface area contributed by atoms with Crippen molar-refractivity contribution in [2.24, 2.45) is 11.8 Å². The highest BCUT2D eigenvalue weighted by atomic mass is 32.2. The van der Waals surface area contributed by atoms with Crippen LogP contribution in [0, 0.1) is 25.7 Å². The van der Waals surface area contributed by atoms with Gasteiger partial charge in [-0.3, -0.25) is 0 Å². The first-order chi connectivity index (χ1) is 9.77. The summed E-state index contributed by atoms with van der Waals surface area (Å²) in [6.07, 6.45) is 1.14. The van der Waals surface area contributed by atoms with Crippen molar-refractivity contribution in [2.75, 3.05) is 25.5 Å². The zero-order valence-electron chi connectivity index (χ0n) is 13.6. The van der Waals surface area contributed by atoms with Gasteiger partial charge in [-0.05, 0) is 62.3 Å². The molecular formula is C16H26N2O2S. The third kappa shape index (κ3) is 3.40. The first-order valence-corrected chi connectivity index (χ1v) is 9.02. The van der Waals surface area contributed by atoms with Crippen LogP contribution >= 0.6 is 0 Å². The van der Waals surface area contributed by atoms with Crippen LogP contribution < -0.4 is 5.32 Å². The van der Waals surface area contributed by atoms with E-state index in [2.05, 4.69) is 12.2 Å². The van der Waals surface area contributed by atoms with Crippen molar-refractivity contribution in [3.8, 4) is 0 Å². The van der Waals surface area contributed by atoms with Crippen molar-refractivity contribution in [1.29, 1.82) is 0 Å². The lowest BCUT2D eigenvalue weighted by Gasteiger charge is -2.21. The molecule has 2 atom stereocenters. The third-order valence-electron chi connectivity index (χ3n) is 4.28. The third-order valence-corrected chi connectivity index (χ3v) is 6.41. The van der Waals surface area contributed by atoms with E-state index < -0.39 is 10.0 Å². The van der Waals surface area contributed by atoms with Crippen LogP contribution in [0.5, 0.6) is 0 Å². The van der Waals surface area contributed by atoms with Crippen LogP contribution in [0.3, 0.4) is 0 Å². The standard InChI is InChI=1S/C16H26N2O2S/c1-6-17-15-8-12(3)16(13(4)9-15)21(19,20)18(5)10-14-7-11(14)2/h8-9,11,14,17H,6-7,10H2,1-5H3. The molecule has 2 rings (SSSR count). The van der Waals surface area contributed by atoms with Gasteiger partial charge in [-0.15, -0.1) is 0 Å². The molecule has 0 amide bonds. The van der Waals surface area contributed by atoms with Crippen LogP contribution in [0.15, 0.2) is 17.0 Å². The molecule has 1 N–H and O–H groups in total. The average Bonchev–Trinajstić information content (AvgIpc) is 3.03. The first-order valence-electron chi connectivity index (χ1n) is 7.58. The van der Waals surface area contributed by atoms with Gasteiger partial charge in [0.05, 0.1) is 4.90 Å². The Morgan fingerprint density at radius 3 is 2.24 bits per heavy atom. The Morgan fingerprint density at radius 2 is 1.81 bits per heavy atom. The first kappa shape index (κ1) is 16.3. The molecule has 0 aliphatic heterocycles. The molecular weight excluding hydrogens is 284 g/mol. The van der Waals surface area contributed by atoms with Crippen LogP contribution in [-0.2, 0) is 10.0 Å². The fourth-order valence-corrected chi connectivity index (χ4v) is 4.53. The molecule has 4 nitrogen and oxygen atoms in total. The average molecular weight is 310 g/mol. The van der Waals surface area contributed by atoms with Crippen molar-refractivity contribution in [1.82, 2.24) is 4.31 Å². The Balaban J connectivity index is 2.30. The highest BCUT2D eigenvalue weighted by Crippen LogP contribution is 2.39. The molecule has 1 fully saturated rings. The van der Waals surface area contributed by atoms with Crippen molar-refractivity contribution in [3.05, 3.63) is 23.3 Å². The minimum atomic E-state index is -3.40. The minimum absolute atomic E-state index is 0.458. The molecule has 0 saturated heterocycles. The maximum Gasteiger partial charge on any atom is 0.243 e. The quantitative estimate of drug-likeness (QED) is 0.878. The molecule has 0 spiro atoms. The maximum absolute atomic E-state index is 12.8. The van der Waals surface area contributed by atoms with Crippen LogP contribution in [0.1, 0.15) is 31.4 Å². The van der Waals surface area contributed by atoms with E-state index in [1.165, 1.54) is 4.31 Å². The van der Waals surface area contributed by atoms with Gasteiger partial charge in [-0.1, -0.05) is 6.92 Å². The molecule has 2 unspecified atom stereocenters. The Labute approximate surface area is 128 Å². The van der Waals surface area contributed by atoms with Gasteiger partial charge in [-0.2, -0.15) is 0 Å². The van der Waals surface area contributed by atoms with Crippen LogP contribution in [0.25, 0.3) is 0 Å². The predicted molar refractivity (Wildman–Crippen MR) is 87.2 cm³/mol. The van der Waals surface area contributed by atoms with Crippen molar-refractivity contribution >= 4 is 15.7 Å². The van der Waals surface area contributed by atoms with E-state index in [0.29, 0.717) is 23.3 Å². The minimum Gasteiger partial charge on any atom is -0.385 e. The number of nitrogens with zero attached hydrogens (tertiary/aromatic N) is 1. The highest BCUT2D eigenvalue weighted by Gasteiger charge is 2.36. The summed E-state index contributed by atoms with van der Waals surface area (Å²) >= 11 is 0. The summed E-state index contributed by atoms with van der Waals surface area (Å²) in [4.78, 5) is 0.458. The number of anilines is 1. The Morgan fingerprint density at radius 1 is 1.29 bits per heavy atom. The van der Waals surface area contributed by atoms with Crippen LogP contribution in [-0.4, -0.2) is 32.9 Å². The Bertz CT molecular complexity index is 602. The lowest BCUT2D eigenvalue weighted by Crippen LogP contribution is -2.30. The molecule has 1 saturated carbocycles. The van der Waals surface area contributed by atoms with Crippen LogP contribution in [0.4, 0.5) is 5.69 Å². The lowest BCUT2D eigenvalue weighted by molar-refractivity contribution is 0.444. The van der Waals surface area contributed by atoms with Crippen molar-refractivity contribution in [2.45, 2.75) is 39.0 Å². The molecule has 5 heteroatoms. The van der Waals surface area contributed by atoms with Gasteiger partial charge >= 0.3 is 0 Å². The van der Waals surface area contributed by atoms with E-state index in [1.54, 1.807) is 7.05 Å². The number of nitrogens with one attached hydrogen (secondary N) is 1. The summed E-state index contributed by atoms with van der Waals surface area (Å²) in [6.45, 7) is 9.39. The summed E-state index contributed by atoms with van der Waals surface area (Å²) < 4.78 is 27.2. The topological polar surface area (TPSA) is 49.4 Å². The molecule has 1 aliphatic rings. The van der Waals surface area contributed by atoms with E-state index in [0.717, 1.165) is 29.8 Å². The van der Waals surface area contributed by atoms with Gasteiger partial charge in [0.25, 0.3) is 0 Å². The number of hydrogen-bond donors (Lipinski definition) is 1. The molecule has 0 heterocycles. The lowest BCUT2D eigenvalue weighted by atomic mass is 10.1. The fourth-order valence-electron chi connectivity index (χ4n) is 2.90. The maximum atomic E-state index is 12.8. The van der Waals surface area contributed by atoms with E-state index in [9.17, 15) is 8.42 Å². The highest BCUT2D eigenvalue weighted by molar-refractivity contribution is 7.89. The number of hydrogen-bond acceptors (Lipinski definition) is 3. The van der Waals surface area contributed by atoms with Crippen molar-refractivity contribution < 1.29 is 8.42 Å². The molecule has 1 aromatic carbocycles. The number of aryl methyl sites for hydroxylation is 2. The van der Waals surface area contributed by atoms with Gasteiger partial charge < -0.3 is 5.32 Å². The normalized spacial score (nSPS) is 21.6. The van der Waals surface area contributed by atoms with Gasteiger partial charge in [0.15, 0.2) is 0 Å². The summed E-state index contributed by atoms with van der Waals surface area (Å²) in [5.74, 6) is 1.17. The Kier molecular flexibility index (Phi) is 4.63. The summed E-state index contributed by atoms with van der Waals surface area (Å²) in [7, 11) is -1.71. The number of sulfonamides is 1. The smallest absolute Gasteiger partial charge is 0.243 e. The second kappa shape index (κ2) is 5.97. The predicted octanol–water partition coefficient (Wildman–Crippen LogP) is 3.01. The van der Waals surface area contributed by atoms with Gasteiger partial charge in [0, 0.05) is 25.8 Å². The summed E-state index contributed by atoms with van der Waals surface area (Å²) in [5.41, 5.74) is 2.59. The number of rotatable bonds is 6. The second-order valence-electron chi connectivity index (χ2n) is 6.23. The van der Waals surface area contributed by atoms with Crippen molar-refractivity contribution in [3.63, 3.8) is 0 Å². The van der Waals surface area contributed by atoms with Gasteiger partial charge in [0.1, 0.15) is 0 Å². The van der Waals surface area contributed by atoms with Gasteiger partial charge in [0.2, 0.25) is 10.0 Å². The molecule has 118 valence electrons. The molecule has 1 aliphatic carbocycles. The summed E-state index contributed by atoms with van der Waals surface area (Å²) in [5, 5.41) is 3.24. The largest absolute Gasteiger partial charge is 0.385 e. The number of benzene rings is 1. The molecule has 21 heavy (non-hydrogen) atoms. The molecule has 0 aromatic heterocycles. The SMILES string of the molecule is CCNc1cc(C)c(S(=O)(=O)N(C)CC2CC2C)c(C)c1. The molecule has 0 radical (unpaired) electrons. The summed E-state index contributed by atoms with van der Waals surface area (Å²) in [6, 6.07) is 3.83. The zero-order chi connectivity index (χ0) is 15.8. The Hall–Kier alpha value is -1.07. The van der Waals surface area contributed by atoms with Crippen LogP contribution in [0.2, 0.25) is 0 Å². The van der Waals surface area contributed by atoms with E-state index in [4.69, 9.17) is 0 Å². The monoisotopic (exact) mass is 310 g/mol. The van der Waals surface area contributed by atoms with E-state index >= 15 is 0 Å². The fraction of sp³-hybridized carbons (Fsp3) is 0.625. The second-order valence-corrected chi connectivity index (χ2v) is 8.21. The molecule has 1 aromatic rings. The molecule has 0 bridgehead atoms.